The minimum atomic E-state index is -3.81. The highest BCUT2D eigenvalue weighted by molar-refractivity contribution is 7.92. The van der Waals surface area contributed by atoms with E-state index in [2.05, 4.69) is 10.0 Å². The number of benzene rings is 3. The van der Waals surface area contributed by atoms with Crippen LogP contribution in [0.1, 0.15) is 40.7 Å². The molecule has 2 N–H and O–H groups in total. The maximum atomic E-state index is 12.8. The molecular weight excluding hydrogens is 538 g/mol. The molecule has 208 valence electrons. The number of hydrogen-bond acceptors (Lipinski definition) is 6. The fraction of sp³-hybridized carbons (Fsp3) is 0.321. The van der Waals surface area contributed by atoms with Gasteiger partial charge in [0.05, 0.1) is 22.0 Å². The van der Waals surface area contributed by atoms with Crippen molar-refractivity contribution in [3.63, 3.8) is 0 Å². The summed E-state index contributed by atoms with van der Waals surface area (Å²) in [6.45, 7) is 5.01. The molecule has 1 saturated heterocycles. The van der Waals surface area contributed by atoms with Crippen LogP contribution in [0, 0.1) is 13.8 Å². The van der Waals surface area contributed by atoms with E-state index in [-0.39, 0.29) is 28.8 Å². The Morgan fingerprint density at radius 2 is 1.49 bits per heavy atom. The molecule has 1 aliphatic rings. The molecule has 0 aromatic heterocycles. The molecule has 0 bridgehead atoms. The maximum absolute atomic E-state index is 12.8. The van der Waals surface area contributed by atoms with Gasteiger partial charge in [-0.3, -0.25) is 9.52 Å². The summed E-state index contributed by atoms with van der Waals surface area (Å²) in [7, 11) is -7.31. The van der Waals surface area contributed by atoms with Crippen LogP contribution in [-0.2, 0) is 20.0 Å². The smallest absolute Gasteiger partial charge is 0.261 e. The third-order valence-electron chi connectivity index (χ3n) is 6.59. The lowest BCUT2D eigenvalue weighted by Crippen LogP contribution is -2.35. The van der Waals surface area contributed by atoms with Gasteiger partial charge in [-0.2, -0.15) is 4.31 Å². The fourth-order valence-electron chi connectivity index (χ4n) is 4.30. The number of carbonyl (C=O) groups is 1. The van der Waals surface area contributed by atoms with Crippen molar-refractivity contribution in [3.05, 3.63) is 83.4 Å². The van der Waals surface area contributed by atoms with E-state index in [9.17, 15) is 21.6 Å². The Morgan fingerprint density at radius 1 is 0.846 bits per heavy atom. The molecule has 1 heterocycles. The number of rotatable bonds is 10. The first kappa shape index (κ1) is 28.6. The van der Waals surface area contributed by atoms with Crippen molar-refractivity contribution in [2.75, 3.05) is 31.0 Å². The molecule has 11 heteroatoms. The summed E-state index contributed by atoms with van der Waals surface area (Å²) in [6.07, 6.45) is 2.80. The summed E-state index contributed by atoms with van der Waals surface area (Å²) >= 11 is 0. The molecule has 0 radical (unpaired) electrons. The van der Waals surface area contributed by atoms with Crippen molar-refractivity contribution < 1.29 is 26.4 Å². The third-order valence-corrected chi connectivity index (χ3v) is 9.88. The second kappa shape index (κ2) is 12.2. The molecule has 1 fully saturated rings. The lowest BCUT2D eigenvalue weighted by Gasteiger charge is -2.25. The number of ether oxygens (including phenoxy) is 1. The third kappa shape index (κ3) is 6.97. The summed E-state index contributed by atoms with van der Waals surface area (Å²) in [5, 5.41) is 2.77. The first-order chi connectivity index (χ1) is 18.6. The van der Waals surface area contributed by atoms with E-state index >= 15 is 0 Å². The van der Waals surface area contributed by atoms with Gasteiger partial charge in [-0.1, -0.05) is 30.2 Å². The van der Waals surface area contributed by atoms with Gasteiger partial charge < -0.3 is 10.1 Å². The molecular formula is C28H33N3O6S2. The largest absolute Gasteiger partial charge is 0.492 e. The van der Waals surface area contributed by atoms with Crippen LogP contribution >= 0.6 is 0 Å². The van der Waals surface area contributed by atoms with Gasteiger partial charge in [0.1, 0.15) is 12.4 Å². The highest BCUT2D eigenvalue weighted by atomic mass is 32.2. The van der Waals surface area contributed by atoms with Crippen molar-refractivity contribution in [1.29, 1.82) is 0 Å². The molecule has 1 aliphatic heterocycles. The zero-order valence-electron chi connectivity index (χ0n) is 22.0. The van der Waals surface area contributed by atoms with Crippen LogP contribution in [0.4, 0.5) is 5.69 Å². The van der Waals surface area contributed by atoms with Gasteiger partial charge in [0.15, 0.2) is 0 Å². The normalized spacial score (nSPS) is 14.5. The number of hydrogen-bond donors (Lipinski definition) is 2. The van der Waals surface area contributed by atoms with E-state index in [1.807, 2.05) is 6.92 Å². The zero-order chi connectivity index (χ0) is 28.0. The van der Waals surface area contributed by atoms with Gasteiger partial charge in [0.2, 0.25) is 10.0 Å². The molecule has 9 nitrogen and oxygen atoms in total. The lowest BCUT2D eigenvalue weighted by atomic mass is 10.1. The van der Waals surface area contributed by atoms with Gasteiger partial charge in [-0.15, -0.1) is 0 Å². The molecule has 0 aliphatic carbocycles. The van der Waals surface area contributed by atoms with Gasteiger partial charge in [-0.05, 0) is 80.8 Å². The molecule has 0 atom stereocenters. The standard InChI is InChI=1S/C28H33N3O6S2/c1-21-9-13-24(14-10-21)38(33,34)30-27-8-6-7-26(22(27)2)28(32)29-17-20-37-23-11-15-25(16-12-23)39(35,36)31-18-4-3-5-19-31/h6-16,30H,3-5,17-20H2,1-2H3,(H,29,32). The van der Waals surface area contributed by atoms with E-state index in [4.69, 9.17) is 4.74 Å². The summed E-state index contributed by atoms with van der Waals surface area (Å²) in [6, 6.07) is 17.6. The lowest BCUT2D eigenvalue weighted by molar-refractivity contribution is 0.0946. The van der Waals surface area contributed by atoms with Gasteiger partial charge in [-0.25, -0.2) is 16.8 Å². The average molecular weight is 572 g/mol. The number of carbonyl (C=O) groups excluding carboxylic acids is 1. The SMILES string of the molecule is Cc1ccc(S(=O)(=O)Nc2cccc(C(=O)NCCOc3ccc(S(=O)(=O)N4CCCCC4)cc3)c2C)cc1. The van der Waals surface area contributed by atoms with Crippen LogP contribution in [0.2, 0.25) is 0 Å². The van der Waals surface area contributed by atoms with Crippen LogP contribution in [0.25, 0.3) is 0 Å². The molecule has 0 saturated carbocycles. The molecule has 0 unspecified atom stereocenters. The number of piperidine rings is 1. The number of sulfonamides is 2. The number of amides is 1. The quantitative estimate of drug-likeness (QED) is 0.354. The highest BCUT2D eigenvalue weighted by Crippen LogP contribution is 2.24. The Bertz CT molecular complexity index is 1510. The fourth-order valence-corrected chi connectivity index (χ4v) is 6.94. The molecule has 39 heavy (non-hydrogen) atoms. The predicted molar refractivity (Wildman–Crippen MR) is 150 cm³/mol. The van der Waals surface area contributed by atoms with Crippen LogP contribution in [0.3, 0.4) is 0 Å². The molecule has 0 spiro atoms. The summed E-state index contributed by atoms with van der Waals surface area (Å²) < 4.78 is 60.9. The predicted octanol–water partition coefficient (Wildman–Crippen LogP) is 4.09. The molecule has 1 amide bonds. The van der Waals surface area contributed by atoms with E-state index in [1.54, 1.807) is 49.4 Å². The molecule has 4 rings (SSSR count). The first-order valence-electron chi connectivity index (χ1n) is 12.8. The number of nitrogens with zero attached hydrogens (tertiary/aromatic N) is 1. The maximum Gasteiger partial charge on any atom is 0.261 e. The average Bonchev–Trinajstić information content (AvgIpc) is 2.93. The van der Waals surface area contributed by atoms with E-state index in [0.29, 0.717) is 35.7 Å². The minimum absolute atomic E-state index is 0.136. The van der Waals surface area contributed by atoms with Crippen molar-refractivity contribution in [1.82, 2.24) is 9.62 Å². The number of aryl methyl sites for hydroxylation is 1. The Morgan fingerprint density at radius 3 is 2.15 bits per heavy atom. The van der Waals surface area contributed by atoms with Crippen LogP contribution in [0.15, 0.2) is 76.5 Å². The Hall–Kier alpha value is -3.41. The van der Waals surface area contributed by atoms with Crippen molar-refractivity contribution in [2.24, 2.45) is 0 Å². The van der Waals surface area contributed by atoms with E-state index < -0.39 is 20.0 Å². The minimum Gasteiger partial charge on any atom is -0.492 e. The van der Waals surface area contributed by atoms with Crippen LogP contribution < -0.4 is 14.8 Å². The van der Waals surface area contributed by atoms with Gasteiger partial charge >= 0.3 is 0 Å². The molecule has 3 aromatic rings. The second-order valence-electron chi connectivity index (χ2n) is 9.44. The summed E-state index contributed by atoms with van der Waals surface area (Å²) in [4.78, 5) is 13.2. The Kier molecular flexibility index (Phi) is 8.94. The topological polar surface area (TPSA) is 122 Å². The van der Waals surface area contributed by atoms with Gasteiger partial charge in [0, 0.05) is 18.7 Å². The molecule has 3 aromatic carbocycles. The summed E-state index contributed by atoms with van der Waals surface area (Å²) in [5.41, 5.74) is 2.10. The monoisotopic (exact) mass is 571 g/mol. The van der Waals surface area contributed by atoms with E-state index in [1.165, 1.54) is 28.6 Å². The second-order valence-corrected chi connectivity index (χ2v) is 13.1. The van der Waals surface area contributed by atoms with Crippen molar-refractivity contribution >= 4 is 31.6 Å². The van der Waals surface area contributed by atoms with Crippen molar-refractivity contribution in [2.45, 2.75) is 42.9 Å². The number of anilines is 1. The van der Waals surface area contributed by atoms with E-state index in [0.717, 1.165) is 24.8 Å². The Balaban J connectivity index is 1.31. The summed E-state index contributed by atoms with van der Waals surface area (Å²) in [5.74, 6) is 0.126. The highest BCUT2D eigenvalue weighted by Gasteiger charge is 2.25. The Labute approximate surface area is 230 Å². The first-order valence-corrected chi connectivity index (χ1v) is 15.7. The zero-order valence-corrected chi connectivity index (χ0v) is 23.6. The van der Waals surface area contributed by atoms with Crippen molar-refractivity contribution in [3.8, 4) is 5.75 Å². The van der Waals surface area contributed by atoms with Gasteiger partial charge in [0.25, 0.3) is 15.9 Å². The number of nitrogens with one attached hydrogen (secondary N) is 2. The van der Waals surface area contributed by atoms with Crippen LogP contribution in [0.5, 0.6) is 5.75 Å². The van der Waals surface area contributed by atoms with Crippen LogP contribution in [-0.4, -0.2) is 53.3 Å².